The summed E-state index contributed by atoms with van der Waals surface area (Å²) in [4.78, 5) is 22.0. The van der Waals surface area contributed by atoms with Gasteiger partial charge in [0.1, 0.15) is 0 Å². The highest BCUT2D eigenvalue weighted by atomic mass is 16.4. The normalized spacial score (nSPS) is 30.7. The first-order chi connectivity index (χ1) is 7.02. The fourth-order valence-corrected chi connectivity index (χ4v) is 1.84. The van der Waals surface area contributed by atoms with Crippen LogP contribution in [0.2, 0.25) is 0 Å². The van der Waals surface area contributed by atoms with E-state index in [2.05, 4.69) is 12.2 Å². The van der Waals surface area contributed by atoms with E-state index >= 15 is 0 Å². The molecule has 2 unspecified atom stereocenters. The van der Waals surface area contributed by atoms with Gasteiger partial charge in [-0.15, -0.1) is 0 Å². The Labute approximate surface area is 89.0 Å². The second-order valence-electron chi connectivity index (χ2n) is 5.14. The van der Waals surface area contributed by atoms with Gasteiger partial charge < -0.3 is 10.4 Å². The van der Waals surface area contributed by atoms with Crippen LogP contribution in [0.15, 0.2) is 0 Å². The maximum absolute atomic E-state index is 11.5. The lowest BCUT2D eigenvalue weighted by atomic mass is 10.1. The minimum atomic E-state index is -0.843. The molecule has 1 amide bonds. The number of nitrogens with one attached hydrogen (secondary N) is 1. The third-order valence-corrected chi connectivity index (χ3v) is 3.58. The second-order valence-corrected chi connectivity index (χ2v) is 5.14. The molecule has 2 aliphatic carbocycles. The van der Waals surface area contributed by atoms with Gasteiger partial charge in [0.05, 0.1) is 11.8 Å². The predicted octanol–water partition coefficient (Wildman–Crippen LogP) is 1.01. The van der Waals surface area contributed by atoms with E-state index in [1.807, 2.05) is 0 Å². The number of carboxylic acid groups (broad SMARTS) is 1. The molecule has 84 valence electrons. The number of hydrogen-bond acceptors (Lipinski definition) is 2. The van der Waals surface area contributed by atoms with Crippen molar-refractivity contribution in [2.75, 3.05) is 6.54 Å². The third-order valence-electron chi connectivity index (χ3n) is 3.58. The van der Waals surface area contributed by atoms with Gasteiger partial charge in [0.15, 0.2) is 0 Å². The molecule has 2 rings (SSSR count). The van der Waals surface area contributed by atoms with Crippen LogP contribution in [0.3, 0.4) is 0 Å². The van der Waals surface area contributed by atoms with Crippen LogP contribution < -0.4 is 5.32 Å². The van der Waals surface area contributed by atoms with Crippen molar-refractivity contribution in [1.29, 1.82) is 0 Å². The molecule has 2 aliphatic rings. The fourth-order valence-electron chi connectivity index (χ4n) is 1.84. The van der Waals surface area contributed by atoms with Crippen molar-refractivity contribution in [2.45, 2.75) is 32.6 Å². The molecule has 2 fully saturated rings. The first-order valence-corrected chi connectivity index (χ1v) is 5.52. The second kappa shape index (κ2) is 3.51. The summed E-state index contributed by atoms with van der Waals surface area (Å²) in [5.41, 5.74) is 0.447. The average Bonchev–Trinajstić information content (AvgIpc) is 2.99. The molecular formula is C11H17NO3. The van der Waals surface area contributed by atoms with Crippen molar-refractivity contribution >= 4 is 11.9 Å². The summed E-state index contributed by atoms with van der Waals surface area (Å²) >= 11 is 0. The van der Waals surface area contributed by atoms with Crippen molar-refractivity contribution in [2.24, 2.45) is 17.3 Å². The number of hydrogen-bond donors (Lipinski definition) is 2. The zero-order chi connectivity index (χ0) is 11.1. The van der Waals surface area contributed by atoms with Crippen molar-refractivity contribution in [3.8, 4) is 0 Å². The summed E-state index contributed by atoms with van der Waals surface area (Å²) in [6, 6.07) is 0. The Kier molecular flexibility index (Phi) is 2.44. The topological polar surface area (TPSA) is 66.4 Å². The summed E-state index contributed by atoms with van der Waals surface area (Å²) in [7, 11) is 0. The van der Waals surface area contributed by atoms with E-state index < -0.39 is 11.9 Å². The molecule has 0 aromatic rings. The smallest absolute Gasteiger partial charge is 0.307 e. The Morgan fingerprint density at radius 2 is 2.07 bits per heavy atom. The molecule has 15 heavy (non-hydrogen) atoms. The Morgan fingerprint density at radius 1 is 1.40 bits per heavy atom. The monoisotopic (exact) mass is 211 g/mol. The number of carbonyl (C=O) groups excluding carboxylic acids is 1. The van der Waals surface area contributed by atoms with Crippen LogP contribution in [-0.4, -0.2) is 23.5 Å². The van der Waals surface area contributed by atoms with Crippen molar-refractivity contribution in [1.82, 2.24) is 5.32 Å². The highest BCUT2D eigenvalue weighted by molar-refractivity contribution is 5.89. The Bertz CT molecular complexity index is 296. The fraction of sp³-hybridized carbons (Fsp3) is 0.818. The summed E-state index contributed by atoms with van der Waals surface area (Å²) < 4.78 is 0. The van der Waals surface area contributed by atoms with Crippen LogP contribution in [0.4, 0.5) is 0 Å². The van der Waals surface area contributed by atoms with Gasteiger partial charge in [-0.05, 0) is 31.1 Å². The van der Waals surface area contributed by atoms with Gasteiger partial charge in [0.2, 0.25) is 5.91 Å². The summed E-state index contributed by atoms with van der Waals surface area (Å²) in [5, 5.41) is 11.5. The maximum Gasteiger partial charge on any atom is 0.307 e. The Balaban J connectivity index is 1.64. The van der Waals surface area contributed by atoms with Gasteiger partial charge in [-0.3, -0.25) is 9.59 Å². The zero-order valence-corrected chi connectivity index (χ0v) is 8.95. The van der Waals surface area contributed by atoms with Gasteiger partial charge in [-0.1, -0.05) is 6.92 Å². The van der Waals surface area contributed by atoms with Crippen LogP contribution in [0.5, 0.6) is 0 Å². The van der Waals surface area contributed by atoms with Gasteiger partial charge in [0, 0.05) is 6.54 Å². The molecule has 0 aromatic heterocycles. The van der Waals surface area contributed by atoms with Gasteiger partial charge in [0.25, 0.3) is 0 Å². The highest BCUT2D eigenvalue weighted by Crippen LogP contribution is 2.47. The van der Waals surface area contributed by atoms with E-state index in [0.717, 1.165) is 6.42 Å². The van der Waals surface area contributed by atoms with E-state index in [0.29, 0.717) is 18.4 Å². The van der Waals surface area contributed by atoms with Crippen LogP contribution in [-0.2, 0) is 9.59 Å². The number of aliphatic carboxylic acids is 1. The Hall–Kier alpha value is -1.06. The molecule has 0 saturated heterocycles. The van der Waals surface area contributed by atoms with Crippen LogP contribution in [0, 0.1) is 17.3 Å². The molecule has 4 nitrogen and oxygen atoms in total. The van der Waals surface area contributed by atoms with Crippen LogP contribution in [0.1, 0.15) is 32.6 Å². The van der Waals surface area contributed by atoms with Crippen LogP contribution in [0.25, 0.3) is 0 Å². The third kappa shape index (κ3) is 2.49. The molecule has 0 heterocycles. The first kappa shape index (κ1) is 10.5. The first-order valence-electron chi connectivity index (χ1n) is 5.52. The highest BCUT2D eigenvalue weighted by Gasteiger charge is 2.48. The van der Waals surface area contributed by atoms with Gasteiger partial charge in [-0.25, -0.2) is 0 Å². The van der Waals surface area contributed by atoms with Crippen molar-refractivity contribution in [3.05, 3.63) is 0 Å². The SMILES string of the molecule is CC1(CCNC(=O)C2CC2C(=O)O)CC1. The van der Waals surface area contributed by atoms with E-state index in [-0.39, 0.29) is 11.8 Å². The van der Waals surface area contributed by atoms with E-state index in [4.69, 9.17) is 5.11 Å². The largest absolute Gasteiger partial charge is 0.481 e. The molecule has 2 saturated carbocycles. The number of carboxylic acids is 1. The predicted molar refractivity (Wildman–Crippen MR) is 54.2 cm³/mol. The molecule has 0 bridgehead atoms. The molecule has 2 N–H and O–H groups in total. The lowest BCUT2D eigenvalue weighted by molar-refractivity contribution is -0.140. The van der Waals surface area contributed by atoms with Gasteiger partial charge in [-0.2, -0.15) is 0 Å². The minimum Gasteiger partial charge on any atom is -0.481 e. The van der Waals surface area contributed by atoms with E-state index in [1.54, 1.807) is 0 Å². The molecule has 0 spiro atoms. The average molecular weight is 211 g/mol. The number of carbonyl (C=O) groups is 2. The lowest BCUT2D eigenvalue weighted by Crippen LogP contribution is -2.28. The molecule has 2 atom stereocenters. The minimum absolute atomic E-state index is 0.0772. The molecule has 0 radical (unpaired) electrons. The lowest BCUT2D eigenvalue weighted by Gasteiger charge is -2.08. The summed E-state index contributed by atoms with van der Waals surface area (Å²) in [5.74, 6) is -1.62. The molecule has 0 aromatic carbocycles. The van der Waals surface area contributed by atoms with Crippen molar-refractivity contribution in [3.63, 3.8) is 0 Å². The number of amides is 1. The molecular weight excluding hydrogens is 194 g/mol. The van der Waals surface area contributed by atoms with E-state index in [1.165, 1.54) is 12.8 Å². The standard InChI is InChI=1S/C11H17NO3/c1-11(2-3-11)4-5-12-9(13)7-6-8(7)10(14)15/h7-8H,2-6H2,1H3,(H,12,13)(H,14,15). The van der Waals surface area contributed by atoms with Crippen LogP contribution >= 0.6 is 0 Å². The molecule has 0 aliphatic heterocycles. The zero-order valence-electron chi connectivity index (χ0n) is 8.95. The summed E-state index contributed by atoms with van der Waals surface area (Å²) in [6.07, 6.45) is 4.04. The maximum atomic E-state index is 11.5. The van der Waals surface area contributed by atoms with Crippen molar-refractivity contribution < 1.29 is 14.7 Å². The quantitative estimate of drug-likeness (QED) is 0.713. The Morgan fingerprint density at radius 3 is 2.53 bits per heavy atom. The summed E-state index contributed by atoms with van der Waals surface area (Å²) in [6.45, 7) is 2.91. The van der Waals surface area contributed by atoms with E-state index in [9.17, 15) is 9.59 Å². The number of rotatable bonds is 5. The molecule has 4 heteroatoms. The van der Waals surface area contributed by atoms with Gasteiger partial charge >= 0.3 is 5.97 Å².